The van der Waals surface area contributed by atoms with Crippen molar-refractivity contribution in [3.63, 3.8) is 0 Å². The summed E-state index contributed by atoms with van der Waals surface area (Å²) in [6.07, 6.45) is 6.07. The Balaban J connectivity index is 2.07. The molecule has 1 aliphatic carbocycles. The molecule has 0 heterocycles. The molecule has 1 saturated carbocycles. The quantitative estimate of drug-likeness (QED) is 0.886. The van der Waals surface area contributed by atoms with E-state index in [1.807, 2.05) is 18.2 Å². The normalized spacial score (nSPS) is 18.1. The van der Waals surface area contributed by atoms with Crippen molar-refractivity contribution in [2.45, 2.75) is 32.1 Å². The van der Waals surface area contributed by atoms with Crippen LogP contribution in [-0.2, 0) is 0 Å². The van der Waals surface area contributed by atoms with Crippen LogP contribution in [0.4, 0.5) is 5.69 Å². The second kappa shape index (κ2) is 6.29. The van der Waals surface area contributed by atoms with Crippen LogP contribution in [0.25, 0.3) is 0 Å². The fourth-order valence-electron chi connectivity index (χ4n) is 3.11. The summed E-state index contributed by atoms with van der Waals surface area (Å²) in [5.74, 6) is 0.881. The van der Waals surface area contributed by atoms with Crippen LogP contribution in [0.5, 0.6) is 5.75 Å². The molecule has 3 heteroatoms. The van der Waals surface area contributed by atoms with Crippen molar-refractivity contribution in [3.8, 4) is 5.75 Å². The first-order valence-electron chi connectivity index (χ1n) is 7.15. The predicted molar refractivity (Wildman–Crippen MR) is 78.9 cm³/mol. The standard InChI is InChI=1S/C16H25NO2/c1-17(14-7-6-8-15(11-14)19-2)12-16(13-18)9-4-3-5-10-16/h6-8,11,18H,3-5,9-10,12-13H2,1-2H3. The van der Waals surface area contributed by atoms with Crippen LogP contribution >= 0.6 is 0 Å². The molecule has 0 radical (unpaired) electrons. The van der Waals surface area contributed by atoms with Crippen LogP contribution in [0.15, 0.2) is 24.3 Å². The summed E-state index contributed by atoms with van der Waals surface area (Å²) in [6.45, 7) is 1.21. The third kappa shape index (κ3) is 3.41. The first-order chi connectivity index (χ1) is 9.19. The van der Waals surface area contributed by atoms with Gasteiger partial charge in [0.1, 0.15) is 5.75 Å². The number of ether oxygens (including phenoxy) is 1. The molecule has 2 rings (SSSR count). The molecule has 1 fully saturated rings. The van der Waals surface area contributed by atoms with Crippen LogP contribution in [0.3, 0.4) is 0 Å². The van der Waals surface area contributed by atoms with Gasteiger partial charge in [-0.2, -0.15) is 0 Å². The molecule has 0 bridgehead atoms. The Kier molecular flexibility index (Phi) is 4.70. The lowest BCUT2D eigenvalue weighted by Crippen LogP contribution is -2.40. The van der Waals surface area contributed by atoms with E-state index in [1.165, 1.54) is 19.3 Å². The average molecular weight is 263 g/mol. The molecule has 1 aromatic carbocycles. The van der Waals surface area contributed by atoms with E-state index in [0.717, 1.165) is 30.8 Å². The number of methoxy groups -OCH3 is 1. The number of anilines is 1. The molecular weight excluding hydrogens is 238 g/mol. The molecule has 1 aliphatic rings. The zero-order valence-electron chi connectivity index (χ0n) is 12.1. The summed E-state index contributed by atoms with van der Waals surface area (Å²) in [5, 5.41) is 9.79. The molecule has 1 N–H and O–H groups in total. The number of rotatable bonds is 5. The Morgan fingerprint density at radius 1 is 1.26 bits per heavy atom. The van der Waals surface area contributed by atoms with Gasteiger partial charge in [-0.25, -0.2) is 0 Å². The van der Waals surface area contributed by atoms with Gasteiger partial charge in [0.25, 0.3) is 0 Å². The van der Waals surface area contributed by atoms with Crippen molar-refractivity contribution in [1.29, 1.82) is 0 Å². The van der Waals surface area contributed by atoms with Gasteiger partial charge in [0.05, 0.1) is 13.7 Å². The molecule has 19 heavy (non-hydrogen) atoms. The van der Waals surface area contributed by atoms with Gasteiger partial charge in [0.15, 0.2) is 0 Å². The van der Waals surface area contributed by atoms with Gasteiger partial charge in [-0.1, -0.05) is 25.3 Å². The van der Waals surface area contributed by atoms with E-state index in [1.54, 1.807) is 7.11 Å². The molecule has 0 atom stereocenters. The molecule has 106 valence electrons. The Bertz CT molecular complexity index is 399. The van der Waals surface area contributed by atoms with Gasteiger partial charge in [-0.15, -0.1) is 0 Å². The van der Waals surface area contributed by atoms with E-state index in [0.29, 0.717) is 6.61 Å². The summed E-state index contributed by atoms with van der Waals surface area (Å²) in [4.78, 5) is 2.24. The molecule has 3 nitrogen and oxygen atoms in total. The van der Waals surface area contributed by atoms with Crippen molar-refractivity contribution in [2.75, 3.05) is 32.2 Å². The van der Waals surface area contributed by atoms with Crippen LogP contribution in [0, 0.1) is 5.41 Å². The van der Waals surface area contributed by atoms with Crippen LogP contribution in [-0.4, -0.2) is 32.4 Å². The first-order valence-corrected chi connectivity index (χ1v) is 7.15. The molecular formula is C16H25NO2. The highest BCUT2D eigenvalue weighted by atomic mass is 16.5. The number of hydrogen-bond acceptors (Lipinski definition) is 3. The van der Waals surface area contributed by atoms with Crippen molar-refractivity contribution in [1.82, 2.24) is 0 Å². The highest BCUT2D eigenvalue weighted by Gasteiger charge is 2.32. The van der Waals surface area contributed by atoms with Crippen LogP contribution in [0.1, 0.15) is 32.1 Å². The molecule has 0 amide bonds. The minimum Gasteiger partial charge on any atom is -0.497 e. The van der Waals surface area contributed by atoms with Crippen molar-refractivity contribution >= 4 is 5.69 Å². The zero-order chi connectivity index (χ0) is 13.7. The lowest BCUT2D eigenvalue weighted by Gasteiger charge is -2.39. The van der Waals surface area contributed by atoms with Crippen molar-refractivity contribution in [3.05, 3.63) is 24.3 Å². The Hall–Kier alpha value is -1.22. The fourth-order valence-corrected chi connectivity index (χ4v) is 3.11. The highest BCUT2D eigenvalue weighted by molar-refractivity contribution is 5.50. The zero-order valence-corrected chi connectivity index (χ0v) is 12.1. The first kappa shape index (κ1) is 14.2. The van der Waals surface area contributed by atoms with Crippen LogP contribution in [0.2, 0.25) is 0 Å². The topological polar surface area (TPSA) is 32.7 Å². The number of hydrogen-bond donors (Lipinski definition) is 1. The van der Waals surface area contributed by atoms with Gasteiger partial charge in [0, 0.05) is 30.8 Å². The molecule has 0 unspecified atom stereocenters. The summed E-state index contributed by atoms with van der Waals surface area (Å²) in [5.41, 5.74) is 1.23. The van der Waals surface area contributed by atoms with E-state index in [2.05, 4.69) is 18.0 Å². The fraction of sp³-hybridized carbons (Fsp3) is 0.625. The van der Waals surface area contributed by atoms with E-state index < -0.39 is 0 Å². The Morgan fingerprint density at radius 2 is 2.00 bits per heavy atom. The molecule has 1 aromatic rings. The van der Waals surface area contributed by atoms with Crippen molar-refractivity contribution in [2.24, 2.45) is 5.41 Å². The predicted octanol–water partition coefficient (Wildman–Crippen LogP) is 3.07. The number of nitrogens with zero attached hydrogens (tertiary/aromatic N) is 1. The van der Waals surface area contributed by atoms with Gasteiger partial charge in [-0.3, -0.25) is 0 Å². The third-order valence-corrected chi connectivity index (χ3v) is 4.32. The third-order valence-electron chi connectivity index (χ3n) is 4.32. The Labute approximate surface area is 116 Å². The van der Waals surface area contributed by atoms with E-state index in [4.69, 9.17) is 4.74 Å². The van der Waals surface area contributed by atoms with Crippen LogP contribution < -0.4 is 9.64 Å². The maximum atomic E-state index is 9.79. The maximum absolute atomic E-state index is 9.79. The molecule has 0 saturated heterocycles. The SMILES string of the molecule is COc1cccc(N(C)CC2(CO)CCCCC2)c1. The molecule has 0 aromatic heterocycles. The number of aliphatic hydroxyl groups is 1. The number of benzene rings is 1. The summed E-state index contributed by atoms with van der Waals surface area (Å²) in [6, 6.07) is 8.11. The summed E-state index contributed by atoms with van der Waals surface area (Å²) >= 11 is 0. The second-order valence-electron chi connectivity index (χ2n) is 5.78. The van der Waals surface area contributed by atoms with E-state index in [-0.39, 0.29) is 5.41 Å². The van der Waals surface area contributed by atoms with Gasteiger partial charge >= 0.3 is 0 Å². The van der Waals surface area contributed by atoms with E-state index >= 15 is 0 Å². The highest BCUT2D eigenvalue weighted by Crippen LogP contribution is 2.37. The molecule has 0 spiro atoms. The smallest absolute Gasteiger partial charge is 0.120 e. The minimum atomic E-state index is 0.0794. The largest absolute Gasteiger partial charge is 0.497 e. The van der Waals surface area contributed by atoms with E-state index in [9.17, 15) is 5.11 Å². The van der Waals surface area contributed by atoms with Gasteiger partial charge < -0.3 is 14.7 Å². The maximum Gasteiger partial charge on any atom is 0.120 e. The lowest BCUT2D eigenvalue weighted by atomic mass is 9.74. The second-order valence-corrected chi connectivity index (χ2v) is 5.78. The Morgan fingerprint density at radius 3 is 2.63 bits per heavy atom. The summed E-state index contributed by atoms with van der Waals surface area (Å²) in [7, 11) is 3.79. The van der Waals surface area contributed by atoms with Gasteiger partial charge in [-0.05, 0) is 25.0 Å². The summed E-state index contributed by atoms with van der Waals surface area (Å²) < 4.78 is 5.27. The lowest BCUT2D eigenvalue weighted by molar-refractivity contribution is 0.0891. The van der Waals surface area contributed by atoms with Crippen molar-refractivity contribution < 1.29 is 9.84 Å². The van der Waals surface area contributed by atoms with Gasteiger partial charge in [0.2, 0.25) is 0 Å². The number of aliphatic hydroxyl groups excluding tert-OH is 1. The molecule has 0 aliphatic heterocycles. The average Bonchev–Trinajstić information content (AvgIpc) is 2.48. The monoisotopic (exact) mass is 263 g/mol. The minimum absolute atomic E-state index is 0.0794.